The molecule has 0 amide bonds. The first-order chi connectivity index (χ1) is 9.24. The fraction of sp³-hybridized carbons (Fsp3) is 0.0714. The third kappa shape index (κ3) is 2.42. The lowest BCUT2D eigenvalue weighted by atomic mass is 10.3. The van der Waals surface area contributed by atoms with E-state index >= 15 is 0 Å². The highest BCUT2D eigenvalue weighted by atomic mass is 79.9. The van der Waals surface area contributed by atoms with Gasteiger partial charge in [-0.1, -0.05) is 22.0 Å². The summed E-state index contributed by atoms with van der Waals surface area (Å²) in [6, 6.07) is 13.4. The molecule has 3 aromatic rings. The molecular weight excluding hydrogens is 306 g/mol. The van der Waals surface area contributed by atoms with Gasteiger partial charge in [0.1, 0.15) is 23.8 Å². The first-order valence-electron chi connectivity index (χ1n) is 5.83. The van der Waals surface area contributed by atoms with Crippen LogP contribution in [-0.4, -0.2) is 9.38 Å². The number of rotatable bonds is 3. The van der Waals surface area contributed by atoms with Gasteiger partial charge in [-0.25, -0.2) is 4.98 Å². The molecule has 3 rings (SSSR count). The van der Waals surface area contributed by atoms with Crippen molar-refractivity contribution in [3.05, 3.63) is 58.8 Å². The molecule has 0 aliphatic heterocycles. The molecule has 2 aromatic heterocycles. The first kappa shape index (κ1) is 12.0. The summed E-state index contributed by atoms with van der Waals surface area (Å²) in [7, 11) is 0. The van der Waals surface area contributed by atoms with Crippen molar-refractivity contribution in [2.45, 2.75) is 6.61 Å². The number of nitrogens with two attached hydrogens (primary N) is 1. The van der Waals surface area contributed by atoms with Crippen LogP contribution in [0.3, 0.4) is 0 Å². The van der Waals surface area contributed by atoms with Crippen molar-refractivity contribution in [1.82, 2.24) is 9.38 Å². The Morgan fingerprint density at radius 1 is 1.16 bits per heavy atom. The zero-order valence-corrected chi connectivity index (χ0v) is 11.7. The van der Waals surface area contributed by atoms with E-state index < -0.39 is 0 Å². The van der Waals surface area contributed by atoms with Crippen molar-refractivity contribution in [3.8, 4) is 5.75 Å². The summed E-state index contributed by atoms with van der Waals surface area (Å²) in [5.74, 6) is 1.47. The van der Waals surface area contributed by atoms with Gasteiger partial charge in [0.15, 0.2) is 0 Å². The van der Waals surface area contributed by atoms with Crippen molar-refractivity contribution in [3.63, 3.8) is 0 Å². The lowest BCUT2D eigenvalue weighted by Gasteiger charge is -2.07. The van der Waals surface area contributed by atoms with Gasteiger partial charge in [-0.3, -0.25) is 4.40 Å². The summed E-state index contributed by atoms with van der Waals surface area (Å²) in [5, 5.41) is 0. The molecule has 5 heteroatoms. The minimum absolute atomic E-state index is 0.428. The summed E-state index contributed by atoms with van der Waals surface area (Å²) in [5.41, 5.74) is 7.71. The number of nitrogen functional groups attached to an aromatic ring is 1. The highest BCUT2D eigenvalue weighted by Gasteiger charge is 2.06. The van der Waals surface area contributed by atoms with E-state index in [0.29, 0.717) is 12.4 Å². The van der Waals surface area contributed by atoms with Crippen LogP contribution in [0.1, 0.15) is 5.69 Å². The molecule has 0 bridgehead atoms. The second-order valence-electron chi connectivity index (χ2n) is 4.14. The number of nitrogens with zero attached hydrogens (tertiary/aromatic N) is 2. The van der Waals surface area contributed by atoms with E-state index in [2.05, 4.69) is 20.9 Å². The number of imidazole rings is 1. The summed E-state index contributed by atoms with van der Waals surface area (Å²) in [4.78, 5) is 4.30. The smallest absolute Gasteiger partial charge is 0.138 e. The monoisotopic (exact) mass is 317 g/mol. The first-order valence-corrected chi connectivity index (χ1v) is 6.62. The second kappa shape index (κ2) is 4.93. The Labute approximate surface area is 119 Å². The number of benzene rings is 1. The summed E-state index contributed by atoms with van der Waals surface area (Å²) in [6.07, 6.45) is 1.78. The Balaban J connectivity index is 1.84. The topological polar surface area (TPSA) is 52.5 Å². The average Bonchev–Trinajstić information content (AvgIpc) is 2.83. The largest absolute Gasteiger partial charge is 0.487 e. The number of anilines is 1. The van der Waals surface area contributed by atoms with Gasteiger partial charge in [0.25, 0.3) is 0 Å². The van der Waals surface area contributed by atoms with Crippen LogP contribution < -0.4 is 10.5 Å². The fourth-order valence-corrected chi connectivity index (χ4v) is 2.18. The zero-order chi connectivity index (χ0) is 13.2. The Morgan fingerprint density at radius 3 is 2.74 bits per heavy atom. The Morgan fingerprint density at radius 2 is 1.95 bits per heavy atom. The van der Waals surface area contributed by atoms with Crippen LogP contribution in [0.15, 0.2) is 53.1 Å². The van der Waals surface area contributed by atoms with E-state index in [1.54, 1.807) is 6.20 Å². The van der Waals surface area contributed by atoms with Crippen molar-refractivity contribution in [2.24, 2.45) is 0 Å². The van der Waals surface area contributed by atoms with Crippen molar-refractivity contribution >= 4 is 27.4 Å². The number of hydrogen-bond donors (Lipinski definition) is 1. The predicted molar refractivity (Wildman–Crippen MR) is 78.1 cm³/mol. The standard InChI is InChI=1S/C14H12BrN3O/c15-10-4-6-12(7-5-10)19-9-11-8-17-14-3-1-2-13(16)18(11)14/h1-8H,9,16H2. The molecule has 2 N–H and O–H groups in total. The summed E-state index contributed by atoms with van der Waals surface area (Å²) in [6.45, 7) is 0.428. The maximum absolute atomic E-state index is 5.95. The predicted octanol–water partition coefficient (Wildman–Crippen LogP) is 3.26. The van der Waals surface area contributed by atoms with Gasteiger partial charge in [0.05, 0.1) is 11.9 Å². The molecule has 0 aliphatic rings. The number of aromatic nitrogens is 2. The Hall–Kier alpha value is -2.01. The number of hydrogen-bond acceptors (Lipinski definition) is 3. The van der Waals surface area contributed by atoms with Gasteiger partial charge in [-0.15, -0.1) is 0 Å². The van der Waals surface area contributed by atoms with Gasteiger partial charge in [0.2, 0.25) is 0 Å². The molecule has 0 saturated heterocycles. The van der Waals surface area contributed by atoms with E-state index in [4.69, 9.17) is 10.5 Å². The van der Waals surface area contributed by atoms with E-state index in [0.717, 1.165) is 21.6 Å². The third-order valence-electron chi connectivity index (χ3n) is 2.83. The maximum atomic E-state index is 5.95. The second-order valence-corrected chi connectivity index (χ2v) is 5.05. The van der Waals surface area contributed by atoms with Crippen LogP contribution >= 0.6 is 15.9 Å². The summed E-state index contributed by atoms with van der Waals surface area (Å²) < 4.78 is 8.65. The molecule has 0 spiro atoms. The normalized spacial score (nSPS) is 10.8. The van der Waals surface area contributed by atoms with Gasteiger partial charge in [0, 0.05) is 4.47 Å². The maximum Gasteiger partial charge on any atom is 0.138 e. The number of halogens is 1. The van der Waals surface area contributed by atoms with Crippen molar-refractivity contribution in [1.29, 1.82) is 0 Å². The van der Waals surface area contributed by atoms with Crippen LogP contribution in [0.2, 0.25) is 0 Å². The van der Waals surface area contributed by atoms with Crippen LogP contribution in [0.5, 0.6) is 5.75 Å². The minimum atomic E-state index is 0.428. The number of ether oxygens (including phenoxy) is 1. The molecule has 0 fully saturated rings. The SMILES string of the molecule is Nc1cccc2ncc(COc3ccc(Br)cc3)n12. The molecule has 2 heterocycles. The molecule has 0 aliphatic carbocycles. The minimum Gasteiger partial charge on any atom is -0.487 e. The lowest BCUT2D eigenvalue weighted by molar-refractivity contribution is 0.300. The molecule has 0 saturated carbocycles. The highest BCUT2D eigenvalue weighted by molar-refractivity contribution is 9.10. The highest BCUT2D eigenvalue weighted by Crippen LogP contribution is 2.18. The van der Waals surface area contributed by atoms with E-state index in [9.17, 15) is 0 Å². The fourth-order valence-electron chi connectivity index (χ4n) is 1.92. The molecule has 96 valence electrons. The van der Waals surface area contributed by atoms with Crippen LogP contribution in [0.4, 0.5) is 5.82 Å². The van der Waals surface area contributed by atoms with Crippen molar-refractivity contribution < 1.29 is 4.74 Å². The van der Waals surface area contributed by atoms with Crippen molar-refractivity contribution in [2.75, 3.05) is 5.73 Å². The molecule has 1 aromatic carbocycles. The summed E-state index contributed by atoms with van der Waals surface area (Å²) >= 11 is 3.39. The zero-order valence-electron chi connectivity index (χ0n) is 10.1. The Kier molecular flexibility index (Phi) is 3.13. The van der Waals surface area contributed by atoms with Gasteiger partial charge in [-0.05, 0) is 36.4 Å². The number of fused-ring (bicyclic) bond motifs is 1. The Bertz CT molecular complexity index is 706. The van der Waals surface area contributed by atoms with Crippen LogP contribution in [0, 0.1) is 0 Å². The van der Waals surface area contributed by atoms with Gasteiger partial charge >= 0.3 is 0 Å². The molecule has 4 nitrogen and oxygen atoms in total. The van der Waals surface area contributed by atoms with Crippen LogP contribution in [-0.2, 0) is 6.61 Å². The molecule has 0 radical (unpaired) electrons. The van der Waals surface area contributed by atoms with E-state index in [1.165, 1.54) is 0 Å². The third-order valence-corrected chi connectivity index (χ3v) is 3.36. The average molecular weight is 318 g/mol. The molecular formula is C14H12BrN3O. The molecule has 19 heavy (non-hydrogen) atoms. The quantitative estimate of drug-likeness (QED) is 0.806. The number of pyridine rings is 1. The molecule has 0 atom stereocenters. The molecule has 0 unspecified atom stereocenters. The van der Waals surface area contributed by atoms with E-state index in [-0.39, 0.29) is 0 Å². The van der Waals surface area contributed by atoms with Crippen LogP contribution in [0.25, 0.3) is 5.65 Å². The lowest BCUT2D eigenvalue weighted by Crippen LogP contribution is -2.03. The van der Waals surface area contributed by atoms with Gasteiger partial charge < -0.3 is 10.5 Å². The van der Waals surface area contributed by atoms with E-state index in [1.807, 2.05) is 46.9 Å². The van der Waals surface area contributed by atoms with Gasteiger partial charge in [-0.2, -0.15) is 0 Å².